The van der Waals surface area contributed by atoms with E-state index in [-0.39, 0.29) is 30.0 Å². The van der Waals surface area contributed by atoms with Crippen molar-refractivity contribution in [2.24, 2.45) is 5.73 Å². The Morgan fingerprint density at radius 3 is 2.03 bits per heavy atom. The SMILES string of the molecule is NC(=O)C1CN(CC(=O)Nc2ccc(N)cc2)CCN1CCCC(c1ccc(F)cc1)c1ccc(F)cc1. The van der Waals surface area contributed by atoms with Crippen LogP contribution in [0.25, 0.3) is 0 Å². The Labute approximate surface area is 221 Å². The largest absolute Gasteiger partial charge is 0.399 e. The number of hydrogen-bond acceptors (Lipinski definition) is 5. The minimum absolute atomic E-state index is 0.0402. The molecule has 2 amide bonds. The molecule has 9 heteroatoms. The van der Waals surface area contributed by atoms with Crippen LogP contribution in [0.2, 0.25) is 0 Å². The minimum Gasteiger partial charge on any atom is -0.399 e. The first-order valence-corrected chi connectivity index (χ1v) is 12.7. The summed E-state index contributed by atoms with van der Waals surface area (Å²) in [4.78, 5) is 28.8. The van der Waals surface area contributed by atoms with Gasteiger partial charge < -0.3 is 16.8 Å². The van der Waals surface area contributed by atoms with E-state index in [2.05, 4.69) is 10.2 Å². The molecule has 1 atom stereocenters. The van der Waals surface area contributed by atoms with Gasteiger partial charge in [0.2, 0.25) is 11.8 Å². The first kappa shape index (κ1) is 27.2. The molecule has 38 heavy (non-hydrogen) atoms. The predicted octanol–water partition coefficient (Wildman–Crippen LogP) is 3.57. The van der Waals surface area contributed by atoms with Gasteiger partial charge in [0.15, 0.2) is 0 Å². The Kier molecular flexibility index (Phi) is 9.04. The molecular formula is C29H33F2N5O2. The molecule has 4 rings (SSSR count). The van der Waals surface area contributed by atoms with Crippen molar-refractivity contribution in [2.45, 2.75) is 24.8 Å². The number of rotatable bonds is 10. The summed E-state index contributed by atoms with van der Waals surface area (Å²) in [6, 6.07) is 19.1. The molecule has 200 valence electrons. The number of halogens is 2. The molecular weight excluding hydrogens is 488 g/mol. The van der Waals surface area contributed by atoms with Gasteiger partial charge in [-0.15, -0.1) is 0 Å². The fourth-order valence-corrected chi connectivity index (χ4v) is 4.94. The van der Waals surface area contributed by atoms with Gasteiger partial charge in [0, 0.05) is 36.9 Å². The number of nitrogens with zero attached hydrogens (tertiary/aromatic N) is 2. The van der Waals surface area contributed by atoms with E-state index >= 15 is 0 Å². The molecule has 0 saturated carbocycles. The molecule has 1 heterocycles. The lowest BCUT2D eigenvalue weighted by Crippen LogP contribution is -2.59. The third-order valence-electron chi connectivity index (χ3n) is 6.95. The van der Waals surface area contributed by atoms with Crippen LogP contribution in [-0.2, 0) is 9.59 Å². The molecule has 1 fully saturated rings. The standard InChI is InChI=1S/C29H33F2N5O2/c30-22-7-3-20(4-8-22)26(21-5-9-23(31)10-6-21)2-1-15-36-17-16-35(18-27(36)29(33)38)19-28(37)34-25-13-11-24(32)12-14-25/h3-14,26-27H,1-2,15-19,32H2,(H2,33,38)(H,34,37). The summed E-state index contributed by atoms with van der Waals surface area (Å²) in [6.07, 6.45) is 1.48. The second-order valence-electron chi connectivity index (χ2n) is 9.66. The van der Waals surface area contributed by atoms with Crippen LogP contribution >= 0.6 is 0 Å². The third kappa shape index (κ3) is 7.36. The van der Waals surface area contributed by atoms with E-state index in [1.807, 2.05) is 4.90 Å². The van der Waals surface area contributed by atoms with Crippen molar-refractivity contribution >= 4 is 23.2 Å². The van der Waals surface area contributed by atoms with Crippen molar-refractivity contribution in [3.63, 3.8) is 0 Å². The Hall–Kier alpha value is -3.82. The number of anilines is 2. The van der Waals surface area contributed by atoms with E-state index in [4.69, 9.17) is 11.5 Å². The van der Waals surface area contributed by atoms with Crippen LogP contribution in [0.15, 0.2) is 72.8 Å². The predicted molar refractivity (Wildman–Crippen MR) is 144 cm³/mol. The molecule has 0 spiro atoms. The highest BCUT2D eigenvalue weighted by atomic mass is 19.1. The van der Waals surface area contributed by atoms with Crippen LogP contribution in [-0.4, -0.2) is 60.4 Å². The topological polar surface area (TPSA) is 105 Å². The van der Waals surface area contributed by atoms with Crippen molar-refractivity contribution in [2.75, 3.05) is 43.8 Å². The number of carbonyl (C=O) groups excluding carboxylic acids is 2. The van der Waals surface area contributed by atoms with Gasteiger partial charge in [-0.25, -0.2) is 8.78 Å². The third-order valence-corrected chi connectivity index (χ3v) is 6.95. The van der Waals surface area contributed by atoms with Gasteiger partial charge in [0.25, 0.3) is 0 Å². The van der Waals surface area contributed by atoms with E-state index < -0.39 is 11.9 Å². The normalized spacial score (nSPS) is 16.4. The second-order valence-corrected chi connectivity index (χ2v) is 9.66. The summed E-state index contributed by atoms with van der Waals surface area (Å²) in [5.74, 6) is -1.26. The lowest BCUT2D eigenvalue weighted by atomic mass is 9.87. The van der Waals surface area contributed by atoms with Crippen molar-refractivity contribution in [1.29, 1.82) is 0 Å². The molecule has 0 bridgehead atoms. The molecule has 0 aromatic heterocycles. The van der Waals surface area contributed by atoms with E-state index in [0.717, 1.165) is 24.0 Å². The van der Waals surface area contributed by atoms with Gasteiger partial charge in [0.1, 0.15) is 17.7 Å². The van der Waals surface area contributed by atoms with Crippen molar-refractivity contribution in [3.05, 3.63) is 95.6 Å². The quantitative estimate of drug-likeness (QED) is 0.354. The number of primary amides is 1. The Balaban J connectivity index is 1.34. The van der Waals surface area contributed by atoms with Crippen LogP contribution in [0.4, 0.5) is 20.2 Å². The molecule has 1 unspecified atom stereocenters. The zero-order chi connectivity index (χ0) is 27.1. The van der Waals surface area contributed by atoms with E-state index in [9.17, 15) is 18.4 Å². The Bertz CT molecular complexity index is 1170. The van der Waals surface area contributed by atoms with Gasteiger partial charge in [-0.2, -0.15) is 0 Å². The molecule has 0 radical (unpaired) electrons. The number of piperazine rings is 1. The number of hydrogen-bond donors (Lipinski definition) is 3. The number of carbonyl (C=O) groups is 2. The summed E-state index contributed by atoms with van der Waals surface area (Å²) in [6.45, 7) is 2.37. The summed E-state index contributed by atoms with van der Waals surface area (Å²) >= 11 is 0. The monoisotopic (exact) mass is 521 g/mol. The van der Waals surface area contributed by atoms with E-state index in [1.54, 1.807) is 48.5 Å². The molecule has 3 aromatic carbocycles. The van der Waals surface area contributed by atoms with Crippen LogP contribution in [0, 0.1) is 11.6 Å². The number of amides is 2. The van der Waals surface area contributed by atoms with E-state index in [1.165, 1.54) is 24.3 Å². The highest BCUT2D eigenvalue weighted by Gasteiger charge is 2.31. The smallest absolute Gasteiger partial charge is 0.238 e. The lowest BCUT2D eigenvalue weighted by Gasteiger charge is -2.39. The average molecular weight is 522 g/mol. The molecule has 7 nitrogen and oxygen atoms in total. The number of nitrogen functional groups attached to an aromatic ring is 1. The Morgan fingerprint density at radius 1 is 0.895 bits per heavy atom. The highest BCUT2D eigenvalue weighted by molar-refractivity contribution is 5.92. The fraction of sp³-hybridized carbons (Fsp3) is 0.310. The van der Waals surface area contributed by atoms with Crippen molar-refractivity contribution in [1.82, 2.24) is 9.80 Å². The summed E-state index contributed by atoms with van der Waals surface area (Å²) in [7, 11) is 0. The van der Waals surface area contributed by atoms with Crippen LogP contribution < -0.4 is 16.8 Å². The summed E-state index contributed by atoms with van der Waals surface area (Å²) < 4.78 is 27.0. The minimum atomic E-state index is -0.511. The van der Waals surface area contributed by atoms with Gasteiger partial charge in [-0.05, 0) is 79.0 Å². The molecule has 1 aliphatic heterocycles. The van der Waals surface area contributed by atoms with Crippen molar-refractivity contribution in [3.8, 4) is 0 Å². The maximum absolute atomic E-state index is 13.5. The molecule has 1 aliphatic rings. The number of nitrogens with one attached hydrogen (secondary N) is 1. The summed E-state index contributed by atoms with van der Waals surface area (Å²) in [5.41, 5.74) is 14.6. The maximum atomic E-state index is 13.5. The molecule has 5 N–H and O–H groups in total. The van der Waals surface area contributed by atoms with Gasteiger partial charge >= 0.3 is 0 Å². The number of nitrogens with two attached hydrogens (primary N) is 2. The lowest BCUT2D eigenvalue weighted by molar-refractivity contribution is -0.127. The summed E-state index contributed by atoms with van der Waals surface area (Å²) in [5, 5.41) is 2.84. The van der Waals surface area contributed by atoms with Crippen LogP contribution in [0.3, 0.4) is 0 Å². The second kappa shape index (κ2) is 12.6. The number of benzene rings is 3. The average Bonchev–Trinajstić information content (AvgIpc) is 2.90. The first-order chi connectivity index (χ1) is 18.3. The molecule has 1 saturated heterocycles. The van der Waals surface area contributed by atoms with E-state index in [0.29, 0.717) is 37.6 Å². The van der Waals surface area contributed by atoms with Crippen molar-refractivity contribution < 1.29 is 18.4 Å². The Morgan fingerprint density at radius 2 is 1.47 bits per heavy atom. The van der Waals surface area contributed by atoms with Crippen LogP contribution in [0.5, 0.6) is 0 Å². The van der Waals surface area contributed by atoms with Gasteiger partial charge in [-0.1, -0.05) is 24.3 Å². The van der Waals surface area contributed by atoms with Gasteiger partial charge in [-0.3, -0.25) is 19.4 Å². The van der Waals surface area contributed by atoms with Gasteiger partial charge in [0.05, 0.1) is 6.54 Å². The van der Waals surface area contributed by atoms with Crippen LogP contribution in [0.1, 0.15) is 29.9 Å². The highest BCUT2D eigenvalue weighted by Crippen LogP contribution is 2.30. The molecule has 3 aromatic rings. The zero-order valence-corrected chi connectivity index (χ0v) is 21.2. The maximum Gasteiger partial charge on any atom is 0.238 e. The first-order valence-electron chi connectivity index (χ1n) is 12.7. The fourth-order valence-electron chi connectivity index (χ4n) is 4.94. The molecule has 0 aliphatic carbocycles. The zero-order valence-electron chi connectivity index (χ0n) is 21.2.